The molecule has 0 bridgehead atoms. The van der Waals surface area contributed by atoms with Gasteiger partial charge in [0.15, 0.2) is 17.7 Å². The van der Waals surface area contributed by atoms with Gasteiger partial charge >= 0.3 is 5.97 Å². The van der Waals surface area contributed by atoms with E-state index in [1.807, 2.05) is 12.2 Å². The van der Waals surface area contributed by atoms with Crippen LogP contribution in [0.1, 0.15) is 26.2 Å². The molecule has 1 aliphatic carbocycles. The van der Waals surface area contributed by atoms with E-state index in [9.17, 15) is 18.4 Å². The highest BCUT2D eigenvalue weighted by Crippen LogP contribution is 2.21. The van der Waals surface area contributed by atoms with Crippen molar-refractivity contribution in [1.82, 2.24) is 0 Å². The van der Waals surface area contributed by atoms with Crippen LogP contribution in [-0.2, 0) is 14.3 Å². The van der Waals surface area contributed by atoms with Crippen LogP contribution < -0.4 is 5.32 Å². The quantitative estimate of drug-likeness (QED) is 0.671. The molecule has 0 aromatic heterocycles. The number of benzene rings is 1. The van der Waals surface area contributed by atoms with Crippen LogP contribution in [0.5, 0.6) is 0 Å². The number of ether oxygens (including phenoxy) is 1. The summed E-state index contributed by atoms with van der Waals surface area (Å²) in [6.07, 6.45) is 5.06. The largest absolute Gasteiger partial charge is 0.453 e. The summed E-state index contributed by atoms with van der Waals surface area (Å²) in [5.74, 6) is -2.95. The molecule has 1 aliphatic rings. The van der Waals surface area contributed by atoms with E-state index in [4.69, 9.17) is 4.74 Å². The zero-order valence-corrected chi connectivity index (χ0v) is 12.1. The summed E-state index contributed by atoms with van der Waals surface area (Å²) in [7, 11) is 0. The number of halogens is 2. The van der Waals surface area contributed by atoms with E-state index in [-0.39, 0.29) is 18.0 Å². The molecule has 4 nitrogen and oxygen atoms in total. The number of esters is 1. The molecular formula is C16H17F2NO3. The summed E-state index contributed by atoms with van der Waals surface area (Å²) in [6, 6.07) is 3.01. The third-order valence-electron chi connectivity index (χ3n) is 3.41. The molecule has 118 valence electrons. The standard InChI is InChI=1S/C16H17F2NO3/c1-10(22-15(20)8-11-4-2-3-5-11)16(21)19-12-6-7-13(17)14(18)9-12/h2,4,6-7,9-11H,3,5,8H2,1H3,(H,19,21)/t10-,11-/m1/s1. The first kappa shape index (κ1) is 16.1. The Morgan fingerprint density at radius 3 is 2.77 bits per heavy atom. The predicted octanol–water partition coefficient (Wildman–Crippen LogP) is 3.19. The van der Waals surface area contributed by atoms with E-state index in [0.717, 1.165) is 25.0 Å². The van der Waals surface area contributed by atoms with Crippen LogP contribution >= 0.6 is 0 Å². The minimum Gasteiger partial charge on any atom is -0.453 e. The smallest absolute Gasteiger partial charge is 0.307 e. The van der Waals surface area contributed by atoms with Crippen molar-refractivity contribution in [3.8, 4) is 0 Å². The summed E-state index contributed by atoms with van der Waals surface area (Å²) in [6.45, 7) is 1.43. The average Bonchev–Trinajstić information content (AvgIpc) is 2.95. The molecule has 0 heterocycles. The zero-order chi connectivity index (χ0) is 16.1. The van der Waals surface area contributed by atoms with Crippen molar-refractivity contribution in [2.24, 2.45) is 5.92 Å². The second-order valence-electron chi connectivity index (χ2n) is 5.22. The number of carbonyl (C=O) groups is 2. The molecule has 2 atom stereocenters. The lowest BCUT2D eigenvalue weighted by Gasteiger charge is -2.15. The number of nitrogens with one attached hydrogen (secondary N) is 1. The van der Waals surface area contributed by atoms with Crippen LogP contribution in [0.15, 0.2) is 30.4 Å². The third kappa shape index (κ3) is 4.38. The maximum absolute atomic E-state index is 13.1. The van der Waals surface area contributed by atoms with Crippen LogP contribution in [0.4, 0.5) is 14.5 Å². The molecule has 0 saturated carbocycles. The molecule has 0 unspecified atom stereocenters. The monoisotopic (exact) mass is 309 g/mol. The maximum atomic E-state index is 13.1. The molecule has 1 amide bonds. The molecule has 0 saturated heterocycles. The second-order valence-corrected chi connectivity index (χ2v) is 5.22. The molecule has 1 aromatic carbocycles. The van der Waals surface area contributed by atoms with Crippen molar-refractivity contribution in [3.05, 3.63) is 42.0 Å². The van der Waals surface area contributed by atoms with Gasteiger partial charge in [0.2, 0.25) is 0 Å². The topological polar surface area (TPSA) is 55.4 Å². The molecule has 0 fully saturated rings. The van der Waals surface area contributed by atoms with Gasteiger partial charge in [-0.3, -0.25) is 9.59 Å². The third-order valence-corrected chi connectivity index (χ3v) is 3.41. The van der Waals surface area contributed by atoms with Gasteiger partial charge in [-0.25, -0.2) is 8.78 Å². The fourth-order valence-electron chi connectivity index (χ4n) is 2.20. The highest BCUT2D eigenvalue weighted by Gasteiger charge is 2.21. The Labute approximate surface area is 127 Å². The first-order chi connectivity index (χ1) is 10.5. The minimum absolute atomic E-state index is 0.102. The van der Waals surface area contributed by atoms with E-state index >= 15 is 0 Å². The van der Waals surface area contributed by atoms with Crippen LogP contribution in [-0.4, -0.2) is 18.0 Å². The van der Waals surface area contributed by atoms with E-state index in [1.165, 1.54) is 13.0 Å². The number of amides is 1. The Kier molecular flexibility index (Phi) is 5.25. The fraction of sp³-hybridized carbons (Fsp3) is 0.375. The zero-order valence-electron chi connectivity index (χ0n) is 12.1. The van der Waals surface area contributed by atoms with Crippen molar-refractivity contribution in [3.63, 3.8) is 0 Å². The Balaban J connectivity index is 1.84. The van der Waals surface area contributed by atoms with E-state index < -0.39 is 29.6 Å². The molecule has 22 heavy (non-hydrogen) atoms. The average molecular weight is 309 g/mol. The van der Waals surface area contributed by atoms with Crippen molar-refractivity contribution in [1.29, 1.82) is 0 Å². The lowest BCUT2D eigenvalue weighted by molar-refractivity contribution is -0.153. The van der Waals surface area contributed by atoms with Crippen LogP contribution in [0, 0.1) is 17.6 Å². The number of carbonyl (C=O) groups excluding carboxylic acids is 2. The van der Waals surface area contributed by atoms with E-state index in [2.05, 4.69) is 5.32 Å². The molecule has 6 heteroatoms. The van der Waals surface area contributed by atoms with Gasteiger partial charge in [-0.1, -0.05) is 12.2 Å². The van der Waals surface area contributed by atoms with Gasteiger partial charge in [0.25, 0.3) is 5.91 Å². The summed E-state index contributed by atoms with van der Waals surface area (Å²) in [5, 5.41) is 2.37. The molecular weight excluding hydrogens is 292 g/mol. The lowest BCUT2D eigenvalue weighted by atomic mass is 10.1. The highest BCUT2D eigenvalue weighted by atomic mass is 19.2. The molecule has 0 spiro atoms. The summed E-state index contributed by atoms with van der Waals surface area (Å²) >= 11 is 0. The molecule has 2 rings (SSSR count). The van der Waals surface area contributed by atoms with Gasteiger partial charge in [0.05, 0.1) is 6.42 Å². The van der Waals surface area contributed by atoms with Crippen molar-refractivity contribution in [2.75, 3.05) is 5.32 Å². The van der Waals surface area contributed by atoms with Gasteiger partial charge in [0, 0.05) is 11.8 Å². The first-order valence-corrected chi connectivity index (χ1v) is 7.08. The van der Waals surface area contributed by atoms with Crippen molar-refractivity contribution < 1.29 is 23.1 Å². The fourth-order valence-corrected chi connectivity index (χ4v) is 2.20. The van der Waals surface area contributed by atoms with Gasteiger partial charge < -0.3 is 10.1 Å². The molecule has 1 aromatic rings. The number of hydrogen-bond donors (Lipinski definition) is 1. The van der Waals surface area contributed by atoms with Gasteiger partial charge in [-0.2, -0.15) is 0 Å². The summed E-state index contributed by atoms with van der Waals surface area (Å²) < 4.78 is 30.9. The van der Waals surface area contributed by atoms with E-state index in [0.29, 0.717) is 0 Å². The lowest BCUT2D eigenvalue weighted by Crippen LogP contribution is -2.30. The maximum Gasteiger partial charge on any atom is 0.307 e. The number of rotatable bonds is 5. The van der Waals surface area contributed by atoms with Crippen molar-refractivity contribution in [2.45, 2.75) is 32.3 Å². The van der Waals surface area contributed by atoms with Gasteiger partial charge in [-0.15, -0.1) is 0 Å². The molecule has 0 radical (unpaired) electrons. The number of hydrogen-bond acceptors (Lipinski definition) is 3. The predicted molar refractivity (Wildman–Crippen MR) is 77.0 cm³/mol. The Morgan fingerprint density at radius 2 is 2.14 bits per heavy atom. The van der Waals surface area contributed by atoms with E-state index in [1.54, 1.807) is 0 Å². The Bertz CT molecular complexity index is 601. The van der Waals surface area contributed by atoms with Crippen LogP contribution in [0.2, 0.25) is 0 Å². The van der Waals surface area contributed by atoms with Gasteiger partial charge in [-0.05, 0) is 37.8 Å². The molecule has 0 aliphatic heterocycles. The van der Waals surface area contributed by atoms with Crippen molar-refractivity contribution >= 4 is 17.6 Å². The normalized spacial score (nSPS) is 18.0. The summed E-state index contributed by atoms with van der Waals surface area (Å²) in [4.78, 5) is 23.6. The first-order valence-electron chi connectivity index (χ1n) is 7.08. The highest BCUT2D eigenvalue weighted by molar-refractivity contribution is 5.95. The minimum atomic E-state index is -1.06. The SMILES string of the molecule is C[C@@H](OC(=O)C[C@@H]1C=CCC1)C(=O)Nc1ccc(F)c(F)c1. The Morgan fingerprint density at radius 1 is 1.36 bits per heavy atom. The van der Waals surface area contributed by atoms with Gasteiger partial charge in [0.1, 0.15) is 0 Å². The Hall–Kier alpha value is -2.24. The molecule has 1 N–H and O–H groups in total. The second kappa shape index (κ2) is 7.15. The number of anilines is 1. The van der Waals surface area contributed by atoms with Crippen LogP contribution in [0.25, 0.3) is 0 Å². The summed E-state index contributed by atoms with van der Waals surface area (Å²) in [5.41, 5.74) is 0.102. The van der Waals surface area contributed by atoms with Crippen LogP contribution in [0.3, 0.4) is 0 Å². The number of allylic oxidation sites excluding steroid dienone is 2.